The number of nitrogen functional groups attached to an aromatic ring is 2. The Balaban J connectivity index is 3.39. The van der Waals surface area contributed by atoms with Gasteiger partial charge in [-0.3, -0.25) is 0 Å². The van der Waals surface area contributed by atoms with E-state index in [2.05, 4.69) is 20.8 Å². The number of anilines is 2. The quantitative estimate of drug-likeness (QED) is 0.673. The normalized spacial score (nSPS) is 11.4. The monoisotopic (exact) mass is 194 g/mol. The van der Waals surface area contributed by atoms with Crippen LogP contribution in [-0.4, -0.2) is 7.11 Å². The van der Waals surface area contributed by atoms with E-state index in [9.17, 15) is 0 Å². The van der Waals surface area contributed by atoms with Crippen molar-refractivity contribution in [2.75, 3.05) is 18.6 Å². The minimum absolute atomic E-state index is 0.00711. The van der Waals surface area contributed by atoms with Crippen molar-refractivity contribution in [3.05, 3.63) is 17.7 Å². The zero-order valence-electron chi connectivity index (χ0n) is 9.22. The third kappa shape index (κ3) is 1.76. The van der Waals surface area contributed by atoms with Crippen LogP contribution in [-0.2, 0) is 5.41 Å². The van der Waals surface area contributed by atoms with Gasteiger partial charge in [-0.25, -0.2) is 0 Å². The van der Waals surface area contributed by atoms with Crippen LogP contribution in [0.15, 0.2) is 12.1 Å². The summed E-state index contributed by atoms with van der Waals surface area (Å²) in [7, 11) is 1.61. The first-order valence-corrected chi connectivity index (χ1v) is 4.60. The van der Waals surface area contributed by atoms with E-state index in [4.69, 9.17) is 16.2 Å². The predicted octanol–water partition coefficient (Wildman–Crippen LogP) is 2.16. The molecule has 0 aliphatic carbocycles. The molecule has 0 aliphatic rings. The first-order chi connectivity index (χ1) is 6.38. The van der Waals surface area contributed by atoms with Gasteiger partial charge in [0.05, 0.1) is 18.5 Å². The fourth-order valence-corrected chi connectivity index (χ4v) is 1.43. The van der Waals surface area contributed by atoms with Crippen LogP contribution in [0.5, 0.6) is 5.75 Å². The van der Waals surface area contributed by atoms with E-state index in [0.29, 0.717) is 17.1 Å². The Morgan fingerprint density at radius 3 is 2.14 bits per heavy atom. The molecule has 3 nitrogen and oxygen atoms in total. The average Bonchev–Trinajstić information content (AvgIpc) is 2.07. The van der Waals surface area contributed by atoms with Crippen LogP contribution in [0.25, 0.3) is 0 Å². The molecule has 78 valence electrons. The zero-order valence-corrected chi connectivity index (χ0v) is 9.22. The van der Waals surface area contributed by atoms with Crippen molar-refractivity contribution >= 4 is 11.4 Å². The molecule has 0 amide bonds. The molecule has 0 aliphatic heterocycles. The third-order valence-electron chi connectivity index (χ3n) is 2.24. The number of rotatable bonds is 1. The lowest BCUT2D eigenvalue weighted by atomic mass is 9.85. The summed E-state index contributed by atoms with van der Waals surface area (Å²) in [6, 6.07) is 3.78. The highest BCUT2D eigenvalue weighted by atomic mass is 16.5. The van der Waals surface area contributed by atoms with Crippen LogP contribution < -0.4 is 16.2 Å². The van der Waals surface area contributed by atoms with Gasteiger partial charge in [0, 0.05) is 5.56 Å². The van der Waals surface area contributed by atoms with Crippen LogP contribution in [0, 0.1) is 0 Å². The van der Waals surface area contributed by atoms with E-state index in [1.807, 2.05) is 12.1 Å². The molecule has 0 unspecified atom stereocenters. The van der Waals surface area contributed by atoms with E-state index in [1.54, 1.807) is 7.11 Å². The summed E-state index contributed by atoms with van der Waals surface area (Å²) in [4.78, 5) is 0. The van der Waals surface area contributed by atoms with Crippen LogP contribution in [0.2, 0.25) is 0 Å². The Bertz CT molecular complexity index is 340. The van der Waals surface area contributed by atoms with Gasteiger partial charge >= 0.3 is 0 Å². The van der Waals surface area contributed by atoms with Gasteiger partial charge in [-0.1, -0.05) is 26.8 Å². The number of ether oxygens (including phenoxy) is 1. The lowest BCUT2D eigenvalue weighted by molar-refractivity contribution is 0.400. The lowest BCUT2D eigenvalue weighted by Gasteiger charge is -2.23. The van der Waals surface area contributed by atoms with Crippen molar-refractivity contribution in [2.24, 2.45) is 0 Å². The molecule has 0 spiro atoms. The van der Waals surface area contributed by atoms with Gasteiger partial charge in [-0.15, -0.1) is 0 Å². The van der Waals surface area contributed by atoms with Crippen LogP contribution in [0.4, 0.5) is 11.4 Å². The Labute approximate surface area is 85.0 Å². The van der Waals surface area contributed by atoms with Gasteiger partial charge in [0.15, 0.2) is 0 Å². The van der Waals surface area contributed by atoms with Gasteiger partial charge in [0.2, 0.25) is 0 Å². The lowest BCUT2D eigenvalue weighted by Crippen LogP contribution is -2.14. The molecular formula is C11H18N2O. The molecule has 0 saturated heterocycles. The van der Waals surface area contributed by atoms with Gasteiger partial charge in [-0.2, -0.15) is 0 Å². The second-order valence-electron chi connectivity index (χ2n) is 4.40. The highest BCUT2D eigenvalue weighted by molar-refractivity contribution is 5.73. The molecular weight excluding hydrogens is 176 g/mol. The molecule has 14 heavy (non-hydrogen) atoms. The van der Waals surface area contributed by atoms with Crippen molar-refractivity contribution in [1.82, 2.24) is 0 Å². The smallest absolute Gasteiger partial charge is 0.147 e. The summed E-state index contributed by atoms with van der Waals surface area (Å²) in [6.07, 6.45) is 0. The Kier molecular flexibility index (Phi) is 2.60. The number of hydrogen-bond donors (Lipinski definition) is 2. The van der Waals surface area contributed by atoms with E-state index in [-0.39, 0.29) is 5.41 Å². The number of nitrogens with two attached hydrogens (primary N) is 2. The predicted molar refractivity (Wildman–Crippen MR) is 60.5 cm³/mol. The maximum Gasteiger partial charge on any atom is 0.147 e. The molecule has 0 bridgehead atoms. The summed E-state index contributed by atoms with van der Waals surface area (Å²) in [5.41, 5.74) is 13.7. The molecule has 3 heteroatoms. The number of hydrogen-bond acceptors (Lipinski definition) is 3. The maximum atomic E-state index is 5.84. The van der Waals surface area contributed by atoms with Crippen molar-refractivity contribution in [3.63, 3.8) is 0 Å². The van der Waals surface area contributed by atoms with Crippen LogP contribution in [0.3, 0.4) is 0 Å². The molecule has 0 aromatic heterocycles. The summed E-state index contributed by atoms with van der Waals surface area (Å²) in [5.74, 6) is 0.692. The van der Waals surface area contributed by atoms with Crippen LogP contribution in [0.1, 0.15) is 26.3 Å². The topological polar surface area (TPSA) is 61.3 Å². The Morgan fingerprint density at radius 2 is 1.71 bits per heavy atom. The van der Waals surface area contributed by atoms with Gasteiger partial charge in [-0.05, 0) is 11.5 Å². The third-order valence-corrected chi connectivity index (χ3v) is 2.24. The molecule has 4 N–H and O–H groups in total. The van der Waals surface area contributed by atoms with Crippen molar-refractivity contribution in [1.29, 1.82) is 0 Å². The second-order valence-corrected chi connectivity index (χ2v) is 4.40. The number of benzene rings is 1. The minimum Gasteiger partial charge on any atom is -0.494 e. The molecule has 1 aromatic carbocycles. The van der Waals surface area contributed by atoms with Gasteiger partial charge in [0.1, 0.15) is 5.75 Å². The Morgan fingerprint density at radius 1 is 1.14 bits per heavy atom. The van der Waals surface area contributed by atoms with E-state index < -0.39 is 0 Å². The first kappa shape index (κ1) is 10.7. The Hall–Kier alpha value is -1.38. The minimum atomic E-state index is 0.00711. The molecule has 0 heterocycles. The molecule has 0 fully saturated rings. The van der Waals surface area contributed by atoms with Gasteiger partial charge in [0.25, 0.3) is 0 Å². The standard InChI is InChI=1S/C11H18N2O/c1-11(2,3)7-5-6-8(12)9(13)10(7)14-4/h5-6H,12-13H2,1-4H3. The molecule has 0 radical (unpaired) electrons. The van der Waals surface area contributed by atoms with E-state index >= 15 is 0 Å². The van der Waals surface area contributed by atoms with Crippen LogP contribution >= 0.6 is 0 Å². The molecule has 0 atom stereocenters. The fourth-order valence-electron chi connectivity index (χ4n) is 1.43. The first-order valence-electron chi connectivity index (χ1n) is 4.60. The fraction of sp³-hybridized carbons (Fsp3) is 0.455. The van der Waals surface area contributed by atoms with E-state index in [0.717, 1.165) is 5.56 Å². The highest BCUT2D eigenvalue weighted by Gasteiger charge is 2.21. The summed E-state index contributed by atoms with van der Waals surface area (Å²) in [5, 5.41) is 0. The maximum absolute atomic E-state index is 5.84. The zero-order chi connectivity index (χ0) is 10.9. The number of methoxy groups -OCH3 is 1. The SMILES string of the molecule is COc1c(C(C)(C)C)ccc(N)c1N. The largest absolute Gasteiger partial charge is 0.494 e. The summed E-state index contributed by atoms with van der Waals surface area (Å²) >= 11 is 0. The highest BCUT2D eigenvalue weighted by Crippen LogP contribution is 2.38. The second kappa shape index (κ2) is 3.40. The van der Waals surface area contributed by atoms with E-state index in [1.165, 1.54) is 0 Å². The summed E-state index contributed by atoms with van der Waals surface area (Å²) < 4.78 is 5.28. The van der Waals surface area contributed by atoms with Crippen molar-refractivity contribution in [2.45, 2.75) is 26.2 Å². The van der Waals surface area contributed by atoms with Gasteiger partial charge < -0.3 is 16.2 Å². The average molecular weight is 194 g/mol. The summed E-state index contributed by atoms with van der Waals surface area (Å²) in [6.45, 7) is 6.33. The van der Waals surface area contributed by atoms with Crippen molar-refractivity contribution in [3.8, 4) is 5.75 Å². The van der Waals surface area contributed by atoms with Crippen molar-refractivity contribution < 1.29 is 4.74 Å². The molecule has 1 aromatic rings. The molecule has 0 saturated carbocycles. The molecule has 1 rings (SSSR count).